The smallest absolute Gasteiger partial charge is 0.315 e. The molecule has 0 aromatic heterocycles. The van der Waals surface area contributed by atoms with Crippen molar-refractivity contribution in [3.63, 3.8) is 0 Å². The van der Waals surface area contributed by atoms with Gasteiger partial charge in [0.15, 0.2) is 5.69 Å². The van der Waals surface area contributed by atoms with Crippen molar-refractivity contribution in [1.82, 2.24) is 5.32 Å². The maximum Gasteiger partial charge on any atom is 0.336 e. The van der Waals surface area contributed by atoms with Gasteiger partial charge in [-0.15, -0.1) is 0 Å². The number of nitrogens with one attached hydrogen (secondary N) is 1. The van der Waals surface area contributed by atoms with Gasteiger partial charge >= 0.3 is 17.5 Å². The van der Waals surface area contributed by atoms with Gasteiger partial charge in [-0.25, -0.2) is 4.39 Å². The zero-order valence-corrected chi connectivity index (χ0v) is 8.48. The lowest BCUT2D eigenvalue weighted by Crippen LogP contribution is -2.33. The Hall–Kier alpha value is -2.51. The molecule has 1 heterocycles. The molecular weight excluding hydrogens is 233 g/mol. The van der Waals surface area contributed by atoms with Crippen LogP contribution in [0.4, 0.5) is 21.5 Å². The molecule has 87 valence electrons. The SMILES string of the molecule is Cc1c(F)cc2c(c1[N+](=O)[O-])[N]C(=O)C(=O)N2. The summed E-state index contributed by atoms with van der Waals surface area (Å²) in [5, 5.41) is 16.1. The molecule has 0 saturated carbocycles. The first-order valence-corrected chi connectivity index (χ1v) is 4.46. The Morgan fingerprint density at radius 2 is 2.12 bits per heavy atom. The number of rotatable bonds is 1. The van der Waals surface area contributed by atoms with Crippen LogP contribution < -0.4 is 10.6 Å². The molecule has 8 heteroatoms. The van der Waals surface area contributed by atoms with Crippen molar-refractivity contribution in [1.29, 1.82) is 0 Å². The normalized spacial score (nSPS) is 13.8. The number of halogens is 1. The summed E-state index contributed by atoms with van der Waals surface area (Å²) in [6.07, 6.45) is 0. The van der Waals surface area contributed by atoms with E-state index in [0.717, 1.165) is 6.07 Å². The Bertz CT molecular complexity index is 570. The number of nitrogens with zero attached hydrogens (tertiary/aromatic N) is 2. The molecular formula is C9H5FN3O4. The van der Waals surface area contributed by atoms with Gasteiger partial charge in [-0.05, 0) is 6.92 Å². The van der Waals surface area contributed by atoms with Gasteiger partial charge in [0, 0.05) is 6.07 Å². The molecule has 1 N–H and O–H groups in total. The van der Waals surface area contributed by atoms with Crippen LogP contribution in [0.15, 0.2) is 6.07 Å². The summed E-state index contributed by atoms with van der Waals surface area (Å²) in [5.74, 6) is -3.04. The molecule has 1 aliphatic rings. The van der Waals surface area contributed by atoms with Crippen LogP contribution in [0.5, 0.6) is 0 Å². The van der Waals surface area contributed by atoms with E-state index in [1.807, 2.05) is 5.32 Å². The first kappa shape index (κ1) is 11.0. The van der Waals surface area contributed by atoms with Crippen LogP contribution in [0.2, 0.25) is 0 Å². The molecule has 0 saturated heterocycles. The Labute approximate surface area is 93.8 Å². The fraction of sp³-hybridized carbons (Fsp3) is 0.111. The summed E-state index contributed by atoms with van der Waals surface area (Å²) in [7, 11) is 0. The lowest BCUT2D eigenvalue weighted by molar-refractivity contribution is -0.384. The van der Waals surface area contributed by atoms with Crippen LogP contribution in [0.3, 0.4) is 0 Å². The van der Waals surface area contributed by atoms with Crippen molar-refractivity contribution in [2.75, 3.05) is 5.32 Å². The van der Waals surface area contributed by atoms with Crippen LogP contribution in [-0.2, 0) is 9.59 Å². The van der Waals surface area contributed by atoms with Gasteiger partial charge in [-0.3, -0.25) is 19.7 Å². The van der Waals surface area contributed by atoms with Crippen molar-refractivity contribution in [3.05, 3.63) is 27.6 Å². The van der Waals surface area contributed by atoms with Crippen molar-refractivity contribution in [2.45, 2.75) is 6.92 Å². The lowest BCUT2D eigenvalue weighted by Gasteiger charge is -2.16. The molecule has 1 aromatic carbocycles. The number of nitro benzene ring substituents is 1. The van der Waals surface area contributed by atoms with Gasteiger partial charge in [0.25, 0.3) is 0 Å². The maximum atomic E-state index is 13.4. The molecule has 0 unspecified atom stereocenters. The van der Waals surface area contributed by atoms with E-state index in [1.165, 1.54) is 6.92 Å². The largest absolute Gasteiger partial charge is 0.336 e. The summed E-state index contributed by atoms with van der Waals surface area (Å²) in [4.78, 5) is 32.0. The van der Waals surface area contributed by atoms with Crippen LogP contribution in [-0.4, -0.2) is 16.7 Å². The van der Waals surface area contributed by atoms with Gasteiger partial charge in [0.1, 0.15) is 5.82 Å². The summed E-state index contributed by atoms with van der Waals surface area (Å²) in [6, 6.07) is 0.894. The molecule has 2 amide bonds. The highest BCUT2D eigenvalue weighted by Gasteiger charge is 2.34. The molecule has 0 fully saturated rings. The summed E-state index contributed by atoms with van der Waals surface area (Å²) >= 11 is 0. The maximum absolute atomic E-state index is 13.4. The van der Waals surface area contributed by atoms with Crippen LogP contribution >= 0.6 is 0 Å². The number of benzene rings is 1. The van der Waals surface area contributed by atoms with E-state index in [2.05, 4.69) is 5.32 Å². The second-order valence-corrected chi connectivity index (χ2v) is 3.36. The molecule has 17 heavy (non-hydrogen) atoms. The van der Waals surface area contributed by atoms with E-state index in [9.17, 15) is 24.1 Å². The summed E-state index contributed by atoms with van der Waals surface area (Å²) in [6.45, 7) is 1.20. The minimum Gasteiger partial charge on any atom is -0.315 e. The minimum atomic E-state index is -1.15. The van der Waals surface area contributed by atoms with Gasteiger partial charge in [0.2, 0.25) is 0 Å². The highest BCUT2D eigenvalue weighted by Crippen LogP contribution is 2.38. The number of nitro groups is 1. The number of carbonyl (C=O) groups excluding carboxylic acids is 2. The van der Waals surface area contributed by atoms with Crippen molar-refractivity contribution in [3.8, 4) is 0 Å². The molecule has 1 aliphatic heterocycles. The van der Waals surface area contributed by atoms with E-state index in [1.54, 1.807) is 0 Å². The summed E-state index contributed by atoms with van der Waals surface area (Å²) < 4.78 is 13.4. The second kappa shape index (κ2) is 3.51. The van der Waals surface area contributed by atoms with Crippen molar-refractivity contribution < 1.29 is 18.9 Å². The molecule has 0 atom stereocenters. The quantitative estimate of drug-likeness (QED) is 0.443. The van der Waals surface area contributed by atoms with Crippen molar-refractivity contribution >= 4 is 28.9 Å². The van der Waals surface area contributed by atoms with E-state index >= 15 is 0 Å². The lowest BCUT2D eigenvalue weighted by atomic mass is 10.1. The number of hydrogen-bond donors (Lipinski definition) is 1. The predicted octanol–water partition coefficient (Wildman–Crippen LogP) is 0.757. The molecule has 7 nitrogen and oxygen atoms in total. The zero-order valence-electron chi connectivity index (χ0n) is 8.48. The van der Waals surface area contributed by atoms with Crippen LogP contribution in [0.1, 0.15) is 5.56 Å². The molecule has 0 spiro atoms. The average Bonchev–Trinajstić information content (AvgIpc) is 2.23. The predicted molar refractivity (Wildman–Crippen MR) is 53.2 cm³/mol. The molecule has 0 bridgehead atoms. The van der Waals surface area contributed by atoms with E-state index in [0.29, 0.717) is 0 Å². The molecule has 0 aliphatic carbocycles. The monoisotopic (exact) mass is 238 g/mol. The highest BCUT2D eigenvalue weighted by molar-refractivity contribution is 6.42. The standard InChI is InChI=1S/C9H5FN3O4/c1-3-4(10)2-5-6(7(3)13(16)17)12-9(15)8(14)11-5/h2H,1H3,(H,11,14). The Morgan fingerprint density at radius 3 is 2.71 bits per heavy atom. The Balaban J connectivity index is 2.72. The van der Waals surface area contributed by atoms with Crippen molar-refractivity contribution in [2.24, 2.45) is 0 Å². The zero-order chi connectivity index (χ0) is 12.7. The Kier molecular flexibility index (Phi) is 2.27. The first-order chi connectivity index (χ1) is 7.91. The second-order valence-electron chi connectivity index (χ2n) is 3.36. The Morgan fingerprint density at radius 1 is 1.47 bits per heavy atom. The molecule has 2 rings (SSSR count). The first-order valence-electron chi connectivity index (χ1n) is 4.46. The number of amides is 2. The third kappa shape index (κ3) is 1.59. The molecule has 1 radical (unpaired) electrons. The fourth-order valence-corrected chi connectivity index (χ4v) is 1.48. The third-order valence-electron chi connectivity index (χ3n) is 2.30. The molecule has 1 aromatic rings. The van der Waals surface area contributed by atoms with Crippen LogP contribution in [0.25, 0.3) is 0 Å². The third-order valence-corrected chi connectivity index (χ3v) is 2.30. The van der Waals surface area contributed by atoms with Gasteiger partial charge < -0.3 is 5.32 Å². The van der Waals surface area contributed by atoms with Crippen LogP contribution in [0, 0.1) is 22.9 Å². The van der Waals surface area contributed by atoms with Gasteiger partial charge in [-0.2, -0.15) is 5.32 Å². The van der Waals surface area contributed by atoms with E-state index in [4.69, 9.17) is 0 Å². The number of hydrogen-bond acceptors (Lipinski definition) is 4. The van der Waals surface area contributed by atoms with E-state index in [-0.39, 0.29) is 16.9 Å². The topological polar surface area (TPSA) is 103 Å². The number of carbonyl (C=O) groups is 2. The van der Waals surface area contributed by atoms with Gasteiger partial charge in [-0.1, -0.05) is 0 Å². The van der Waals surface area contributed by atoms with Gasteiger partial charge in [0.05, 0.1) is 16.2 Å². The highest BCUT2D eigenvalue weighted by atomic mass is 19.1. The average molecular weight is 238 g/mol. The number of anilines is 1. The summed E-state index contributed by atoms with van der Waals surface area (Å²) in [5.41, 5.74) is -1.35. The number of fused-ring (bicyclic) bond motifs is 1. The minimum absolute atomic E-state index is 0.176. The fourth-order valence-electron chi connectivity index (χ4n) is 1.48. The van der Waals surface area contributed by atoms with E-state index < -0.39 is 28.2 Å².